The van der Waals surface area contributed by atoms with Crippen LogP contribution in [-0.4, -0.2) is 18.5 Å². The molecular formula is C16H29ClN2O. The van der Waals surface area contributed by atoms with Crippen LogP contribution in [0.15, 0.2) is 0 Å². The summed E-state index contributed by atoms with van der Waals surface area (Å²) in [4.78, 5) is 12.1. The van der Waals surface area contributed by atoms with Gasteiger partial charge in [-0.3, -0.25) is 4.79 Å². The summed E-state index contributed by atoms with van der Waals surface area (Å²) in [6.45, 7) is 0.919. The van der Waals surface area contributed by atoms with Crippen molar-refractivity contribution in [3.05, 3.63) is 0 Å². The van der Waals surface area contributed by atoms with E-state index in [0.29, 0.717) is 12.3 Å². The second-order valence-electron chi connectivity index (χ2n) is 7.15. The maximum atomic E-state index is 12.1. The third-order valence-corrected chi connectivity index (χ3v) is 5.86. The molecule has 0 aromatic rings. The zero-order valence-electron chi connectivity index (χ0n) is 12.4. The number of hydrogen-bond donors (Lipinski definition) is 2. The van der Waals surface area contributed by atoms with Crippen molar-refractivity contribution in [2.45, 2.75) is 63.8 Å². The molecule has 4 heteroatoms. The number of nitrogens with two attached hydrogens (primary N) is 1. The van der Waals surface area contributed by atoms with Gasteiger partial charge in [0, 0.05) is 19.0 Å². The summed E-state index contributed by atoms with van der Waals surface area (Å²) in [7, 11) is 0. The Kier molecular flexibility index (Phi) is 5.74. The highest BCUT2D eigenvalue weighted by Crippen LogP contribution is 2.47. The molecule has 3 fully saturated rings. The van der Waals surface area contributed by atoms with Gasteiger partial charge in [0.1, 0.15) is 0 Å². The summed E-state index contributed by atoms with van der Waals surface area (Å²) in [5.74, 6) is 3.31. The molecule has 20 heavy (non-hydrogen) atoms. The molecule has 0 radical (unpaired) electrons. The molecule has 0 spiro atoms. The van der Waals surface area contributed by atoms with Gasteiger partial charge in [-0.1, -0.05) is 19.3 Å². The number of rotatable bonds is 4. The van der Waals surface area contributed by atoms with Crippen LogP contribution >= 0.6 is 12.4 Å². The average molecular weight is 301 g/mol. The van der Waals surface area contributed by atoms with Crippen LogP contribution in [0.1, 0.15) is 57.8 Å². The second-order valence-corrected chi connectivity index (χ2v) is 7.15. The Hall–Kier alpha value is -0.280. The Bertz CT molecular complexity index is 336. The molecule has 3 aliphatic rings. The van der Waals surface area contributed by atoms with E-state index in [1.807, 2.05) is 0 Å². The predicted octanol–water partition coefficient (Wildman–Crippen LogP) is 2.87. The SMILES string of the molecule is Cl.NC1CCCCC1CC(=O)NCC1CC2CCC1C2. The van der Waals surface area contributed by atoms with E-state index in [0.717, 1.165) is 37.1 Å². The molecule has 0 saturated heterocycles. The lowest BCUT2D eigenvalue weighted by molar-refractivity contribution is -0.122. The molecule has 3 aliphatic carbocycles. The molecule has 116 valence electrons. The minimum atomic E-state index is 0. The molecule has 3 saturated carbocycles. The molecule has 0 heterocycles. The van der Waals surface area contributed by atoms with E-state index in [4.69, 9.17) is 5.73 Å². The maximum Gasteiger partial charge on any atom is 0.220 e. The summed E-state index contributed by atoms with van der Waals surface area (Å²) in [5, 5.41) is 3.18. The van der Waals surface area contributed by atoms with E-state index in [-0.39, 0.29) is 24.4 Å². The van der Waals surface area contributed by atoms with Crippen molar-refractivity contribution in [1.82, 2.24) is 5.32 Å². The lowest BCUT2D eigenvalue weighted by Crippen LogP contribution is -2.38. The van der Waals surface area contributed by atoms with Crippen molar-refractivity contribution in [3.8, 4) is 0 Å². The van der Waals surface area contributed by atoms with E-state index in [9.17, 15) is 4.79 Å². The third kappa shape index (κ3) is 3.67. The summed E-state index contributed by atoms with van der Waals surface area (Å²) in [6, 6.07) is 0.252. The summed E-state index contributed by atoms with van der Waals surface area (Å²) in [6.07, 6.45) is 11.0. The first kappa shape index (κ1) is 16.1. The Balaban J connectivity index is 0.00000147. The smallest absolute Gasteiger partial charge is 0.220 e. The third-order valence-electron chi connectivity index (χ3n) is 5.86. The van der Waals surface area contributed by atoms with Crippen LogP contribution in [-0.2, 0) is 4.79 Å². The van der Waals surface area contributed by atoms with Crippen LogP contribution in [0.5, 0.6) is 0 Å². The fourth-order valence-corrected chi connectivity index (χ4v) is 4.67. The molecule has 3 nitrogen and oxygen atoms in total. The van der Waals surface area contributed by atoms with Crippen molar-refractivity contribution in [3.63, 3.8) is 0 Å². The normalized spacial score (nSPS) is 39.4. The quantitative estimate of drug-likeness (QED) is 0.839. The number of halogens is 1. The number of nitrogens with one attached hydrogen (secondary N) is 1. The van der Waals surface area contributed by atoms with E-state index in [1.54, 1.807) is 0 Å². The molecule has 5 atom stereocenters. The Labute approximate surface area is 128 Å². The van der Waals surface area contributed by atoms with Gasteiger partial charge in [0.25, 0.3) is 0 Å². The summed E-state index contributed by atoms with van der Waals surface area (Å²) >= 11 is 0. The minimum absolute atomic E-state index is 0. The van der Waals surface area contributed by atoms with Crippen LogP contribution in [0.2, 0.25) is 0 Å². The highest BCUT2D eigenvalue weighted by molar-refractivity contribution is 5.85. The van der Waals surface area contributed by atoms with Crippen molar-refractivity contribution in [2.24, 2.45) is 29.4 Å². The van der Waals surface area contributed by atoms with Gasteiger partial charge in [0.05, 0.1) is 0 Å². The number of carbonyl (C=O) groups is 1. The van der Waals surface area contributed by atoms with Gasteiger partial charge in [0.2, 0.25) is 5.91 Å². The number of hydrogen-bond acceptors (Lipinski definition) is 2. The highest BCUT2D eigenvalue weighted by atomic mass is 35.5. The van der Waals surface area contributed by atoms with E-state index in [2.05, 4.69) is 5.32 Å². The lowest BCUT2D eigenvalue weighted by Gasteiger charge is -2.28. The topological polar surface area (TPSA) is 55.1 Å². The van der Waals surface area contributed by atoms with Crippen molar-refractivity contribution < 1.29 is 4.79 Å². The van der Waals surface area contributed by atoms with Gasteiger partial charge in [-0.25, -0.2) is 0 Å². The molecule has 3 N–H and O–H groups in total. The summed E-state index contributed by atoms with van der Waals surface area (Å²) < 4.78 is 0. The molecule has 5 unspecified atom stereocenters. The van der Waals surface area contributed by atoms with Gasteiger partial charge in [-0.05, 0) is 55.8 Å². The summed E-state index contributed by atoms with van der Waals surface area (Å²) in [5.41, 5.74) is 6.11. The van der Waals surface area contributed by atoms with Gasteiger partial charge in [-0.15, -0.1) is 12.4 Å². The first-order valence-electron chi connectivity index (χ1n) is 8.24. The number of fused-ring (bicyclic) bond motifs is 2. The van der Waals surface area contributed by atoms with Crippen LogP contribution < -0.4 is 11.1 Å². The molecule has 2 bridgehead atoms. The largest absolute Gasteiger partial charge is 0.356 e. The molecule has 0 aliphatic heterocycles. The maximum absolute atomic E-state index is 12.1. The highest BCUT2D eigenvalue weighted by Gasteiger charge is 2.39. The molecule has 3 rings (SSSR count). The monoisotopic (exact) mass is 300 g/mol. The van der Waals surface area contributed by atoms with Gasteiger partial charge < -0.3 is 11.1 Å². The Morgan fingerprint density at radius 3 is 2.50 bits per heavy atom. The van der Waals surface area contributed by atoms with Crippen LogP contribution in [0.3, 0.4) is 0 Å². The Morgan fingerprint density at radius 2 is 1.85 bits per heavy atom. The van der Waals surface area contributed by atoms with Gasteiger partial charge in [0.15, 0.2) is 0 Å². The molecule has 0 aromatic carbocycles. The first-order valence-corrected chi connectivity index (χ1v) is 8.24. The van der Waals surface area contributed by atoms with Crippen LogP contribution in [0.25, 0.3) is 0 Å². The fourth-order valence-electron chi connectivity index (χ4n) is 4.67. The van der Waals surface area contributed by atoms with E-state index in [1.165, 1.54) is 38.5 Å². The van der Waals surface area contributed by atoms with Crippen molar-refractivity contribution in [2.75, 3.05) is 6.54 Å². The second kappa shape index (κ2) is 7.13. The van der Waals surface area contributed by atoms with Crippen molar-refractivity contribution in [1.29, 1.82) is 0 Å². The van der Waals surface area contributed by atoms with Crippen molar-refractivity contribution >= 4 is 18.3 Å². The predicted molar refractivity (Wildman–Crippen MR) is 83.7 cm³/mol. The first-order chi connectivity index (χ1) is 9.22. The Morgan fingerprint density at radius 1 is 1.05 bits per heavy atom. The van der Waals surface area contributed by atoms with Crippen LogP contribution in [0, 0.1) is 23.7 Å². The van der Waals surface area contributed by atoms with Gasteiger partial charge >= 0.3 is 0 Å². The van der Waals surface area contributed by atoms with E-state index < -0.39 is 0 Å². The fraction of sp³-hybridized carbons (Fsp3) is 0.938. The van der Waals surface area contributed by atoms with E-state index >= 15 is 0 Å². The molecule has 0 aromatic heterocycles. The zero-order valence-corrected chi connectivity index (χ0v) is 13.2. The zero-order chi connectivity index (χ0) is 13.2. The standard InChI is InChI=1S/C16H28N2O.ClH/c17-15-4-2-1-3-13(15)9-16(19)18-10-14-8-11-5-6-12(14)7-11;/h11-15H,1-10,17H2,(H,18,19);1H. The van der Waals surface area contributed by atoms with Gasteiger partial charge in [-0.2, -0.15) is 0 Å². The number of amides is 1. The number of carbonyl (C=O) groups excluding carboxylic acids is 1. The lowest BCUT2D eigenvalue weighted by atomic mass is 9.82. The molecule has 1 amide bonds. The molecular weight excluding hydrogens is 272 g/mol. The van der Waals surface area contributed by atoms with Crippen LogP contribution in [0.4, 0.5) is 0 Å². The average Bonchev–Trinajstić information content (AvgIpc) is 3.01. The minimum Gasteiger partial charge on any atom is -0.356 e.